The molecule has 0 atom stereocenters. The molecule has 0 radical (unpaired) electrons. The lowest BCUT2D eigenvalue weighted by atomic mass is 9.87. The molecule has 0 aliphatic carbocycles. The van der Waals surface area contributed by atoms with E-state index in [1.807, 2.05) is 24.3 Å². The number of thiophene rings is 1. The Labute approximate surface area is 146 Å². The highest BCUT2D eigenvalue weighted by Gasteiger charge is 2.17. The zero-order valence-corrected chi connectivity index (χ0v) is 15.6. The molecule has 23 heavy (non-hydrogen) atoms. The summed E-state index contributed by atoms with van der Waals surface area (Å²) in [4.78, 5) is 13.5. The van der Waals surface area contributed by atoms with Crippen LogP contribution in [0.15, 0.2) is 35.7 Å². The van der Waals surface area contributed by atoms with Gasteiger partial charge in [-0.05, 0) is 34.6 Å². The quantitative estimate of drug-likeness (QED) is 0.804. The van der Waals surface area contributed by atoms with Gasteiger partial charge in [0.25, 0.3) is 0 Å². The minimum Gasteiger partial charge on any atom is -0.495 e. The van der Waals surface area contributed by atoms with Crippen molar-refractivity contribution in [2.75, 3.05) is 18.2 Å². The summed E-state index contributed by atoms with van der Waals surface area (Å²) in [5.74, 6) is 1.98. The van der Waals surface area contributed by atoms with Gasteiger partial charge in [0.1, 0.15) is 5.75 Å². The van der Waals surface area contributed by atoms with Crippen LogP contribution in [0, 0.1) is 0 Å². The summed E-state index contributed by atoms with van der Waals surface area (Å²) in [6.07, 6.45) is 0. The molecule has 0 spiro atoms. The van der Waals surface area contributed by atoms with E-state index in [-0.39, 0.29) is 11.3 Å². The predicted molar refractivity (Wildman–Crippen MR) is 101 cm³/mol. The van der Waals surface area contributed by atoms with Crippen LogP contribution >= 0.6 is 23.1 Å². The Bertz CT molecular complexity index is 646. The van der Waals surface area contributed by atoms with Crippen LogP contribution in [0.2, 0.25) is 0 Å². The number of carbonyl (C=O) groups is 1. The van der Waals surface area contributed by atoms with Crippen molar-refractivity contribution in [1.82, 2.24) is 0 Å². The van der Waals surface area contributed by atoms with Crippen LogP contribution in [-0.2, 0) is 16.0 Å². The molecule has 5 heteroatoms. The number of thioether (sulfide) groups is 1. The van der Waals surface area contributed by atoms with Crippen LogP contribution in [0.5, 0.6) is 5.75 Å². The standard InChI is InChI=1S/C18H23NO2S2/c1-18(2,3)13-7-8-16(21-4)15(10-13)19-17(20)12-22-11-14-6-5-9-23-14/h5-10H,11-12H2,1-4H3,(H,19,20). The summed E-state index contributed by atoms with van der Waals surface area (Å²) < 4.78 is 5.36. The van der Waals surface area contributed by atoms with Crippen LogP contribution in [0.3, 0.4) is 0 Å². The van der Waals surface area contributed by atoms with Crippen LogP contribution in [-0.4, -0.2) is 18.8 Å². The molecule has 124 valence electrons. The van der Waals surface area contributed by atoms with E-state index >= 15 is 0 Å². The molecule has 2 rings (SSSR count). The summed E-state index contributed by atoms with van der Waals surface area (Å²) in [7, 11) is 1.62. The number of amides is 1. The van der Waals surface area contributed by atoms with Gasteiger partial charge in [-0.25, -0.2) is 0 Å². The van der Waals surface area contributed by atoms with Gasteiger partial charge in [-0.3, -0.25) is 4.79 Å². The second kappa shape index (κ2) is 7.88. The Balaban J connectivity index is 1.98. The molecule has 1 heterocycles. The van der Waals surface area contributed by atoms with Crippen molar-refractivity contribution in [3.05, 3.63) is 46.2 Å². The maximum atomic E-state index is 12.2. The van der Waals surface area contributed by atoms with Crippen LogP contribution in [0.1, 0.15) is 31.2 Å². The van der Waals surface area contributed by atoms with Gasteiger partial charge in [0.2, 0.25) is 5.91 Å². The molecule has 0 unspecified atom stereocenters. The lowest BCUT2D eigenvalue weighted by Gasteiger charge is -2.21. The monoisotopic (exact) mass is 349 g/mol. The molecule has 0 fully saturated rings. The fourth-order valence-corrected chi connectivity index (χ4v) is 3.77. The van der Waals surface area contributed by atoms with Gasteiger partial charge in [0, 0.05) is 10.6 Å². The summed E-state index contributed by atoms with van der Waals surface area (Å²) in [5.41, 5.74) is 1.93. The average Bonchev–Trinajstić information content (AvgIpc) is 2.99. The van der Waals surface area contributed by atoms with E-state index < -0.39 is 0 Å². The minimum absolute atomic E-state index is 0.00378. The van der Waals surface area contributed by atoms with Gasteiger partial charge in [0.05, 0.1) is 18.6 Å². The number of rotatable bonds is 6. The first-order valence-electron chi connectivity index (χ1n) is 7.48. The maximum absolute atomic E-state index is 12.2. The first-order valence-corrected chi connectivity index (χ1v) is 9.52. The van der Waals surface area contributed by atoms with Crippen LogP contribution in [0.4, 0.5) is 5.69 Å². The van der Waals surface area contributed by atoms with Crippen molar-refractivity contribution in [3.63, 3.8) is 0 Å². The molecule has 3 nitrogen and oxygen atoms in total. The molecule has 1 aromatic carbocycles. The van der Waals surface area contributed by atoms with Crippen molar-refractivity contribution in [2.24, 2.45) is 0 Å². The SMILES string of the molecule is COc1ccc(C(C)(C)C)cc1NC(=O)CSCc1cccs1. The molecular weight excluding hydrogens is 326 g/mol. The maximum Gasteiger partial charge on any atom is 0.234 e. The van der Waals surface area contributed by atoms with Gasteiger partial charge in [-0.1, -0.05) is 32.9 Å². The smallest absolute Gasteiger partial charge is 0.234 e. The third-order valence-electron chi connectivity index (χ3n) is 3.40. The summed E-state index contributed by atoms with van der Waals surface area (Å²) in [6, 6.07) is 10.1. The van der Waals surface area contributed by atoms with Crippen molar-refractivity contribution in [3.8, 4) is 5.75 Å². The minimum atomic E-state index is -0.00378. The Hall–Kier alpha value is -1.46. The lowest BCUT2D eigenvalue weighted by molar-refractivity contribution is -0.113. The van der Waals surface area contributed by atoms with Gasteiger partial charge < -0.3 is 10.1 Å². The van der Waals surface area contributed by atoms with Gasteiger partial charge in [-0.15, -0.1) is 23.1 Å². The molecule has 0 aliphatic rings. The zero-order valence-electron chi connectivity index (χ0n) is 14.0. The van der Waals surface area contributed by atoms with E-state index in [1.165, 1.54) is 10.4 Å². The van der Waals surface area contributed by atoms with E-state index in [1.54, 1.807) is 30.2 Å². The van der Waals surface area contributed by atoms with Gasteiger partial charge in [0.15, 0.2) is 0 Å². The number of ether oxygens (including phenoxy) is 1. The van der Waals surface area contributed by atoms with E-state index in [0.29, 0.717) is 11.5 Å². The molecule has 0 aliphatic heterocycles. The topological polar surface area (TPSA) is 38.3 Å². The normalized spacial score (nSPS) is 11.3. The molecular formula is C18H23NO2S2. The highest BCUT2D eigenvalue weighted by molar-refractivity contribution is 7.99. The Kier molecular flexibility index (Phi) is 6.13. The Morgan fingerprint density at radius 2 is 2.09 bits per heavy atom. The largest absolute Gasteiger partial charge is 0.495 e. The molecule has 2 aromatic rings. The second-order valence-electron chi connectivity index (χ2n) is 6.29. The fraction of sp³-hybridized carbons (Fsp3) is 0.389. The molecule has 1 N–H and O–H groups in total. The molecule has 0 saturated carbocycles. The Morgan fingerprint density at radius 1 is 1.30 bits per heavy atom. The number of hydrogen-bond donors (Lipinski definition) is 1. The highest BCUT2D eigenvalue weighted by Crippen LogP contribution is 2.31. The fourth-order valence-electron chi connectivity index (χ4n) is 2.10. The summed E-state index contributed by atoms with van der Waals surface area (Å²) in [5, 5.41) is 5.03. The number of anilines is 1. The number of nitrogens with one attached hydrogen (secondary N) is 1. The van der Waals surface area contributed by atoms with Crippen molar-refractivity contribution < 1.29 is 9.53 Å². The van der Waals surface area contributed by atoms with Gasteiger partial charge >= 0.3 is 0 Å². The van der Waals surface area contributed by atoms with E-state index in [2.05, 4.69) is 37.5 Å². The third-order valence-corrected chi connectivity index (χ3v) is 5.44. The van der Waals surface area contributed by atoms with Crippen LogP contribution in [0.25, 0.3) is 0 Å². The van der Waals surface area contributed by atoms with Crippen molar-refractivity contribution >= 4 is 34.7 Å². The van der Waals surface area contributed by atoms with Gasteiger partial charge in [-0.2, -0.15) is 0 Å². The zero-order chi connectivity index (χ0) is 16.9. The number of hydrogen-bond acceptors (Lipinski definition) is 4. The van der Waals surface area contributed by atoms with E-state index in [9.17, 15) is 4.79 Å². The van der Waals surface area contributed by atoms with E-state index in [0.717, 1.165) is 11.4 Å². The average molecular weight is 350 g/mol. The molecule has 1 amide bonds. The Morgan fingerprint density at radius 3 is 2.70 bits per heavy atom. The van der Waals surface area contributed by atoms with Crippen molar-refractivity contribution in [1.29, 1.82) is 0 Å². The number of benzene rings is 1. The second-order valence-corrected chi connectivity index (χ2v) is 8.30. The number of carbonyl (C=O) groups excluding carboxylic acids is 1. The van der Waals surface area contributed by atoms with E-state index in [4.69, 9.17) is 4.74 Å². The molecule has 0 bridgehead atoms. The first-order chi connectivity index (χ1) is 10.9. The molecule has 0 saturated heterocycles. The predicted octanol–water partition coefficient (Wildman–Crippen LogP) is 4.93. The summed E-state index contributed by atoms with van der Waals surface area (Å²) in [6.45, 7) is 6.45. The number of methoxy groups -OCH3 is 1. The first kappa shape index (κ1) is 17.9. The third kappa shape index (κ3) is 5.29. The highest BCUT2D eigenvalue weighted by atomic mass is 32.2. The van der Waals surface area contributed by atoms with Crippen LogP contribution < -0.4 is 10.1 Å². The lowest BCUT2D eigenvalue weighted by Crippen LogP contribution is -2.17. The molecule has 1 aromatic heterocycles. The van der Waals surface area contributed by atoms with Crippen molar-refractivity contribution in [2.45, 2.75) is 31.9 Å². The summed E-state index contributed by atoms with van der Waals surface area (Å²) >= 11 is 3.34.